The summed E-state index contributed by atoms with van der Waals surface area (Å²) in [5.41, 5.74) is 1.85. The van der Waals surface area contributed by atoms with E-state index in [1.807, 2.05) is 23.9 Å². The van der Waals surface area contributed by atoms with Crippen molar-refractivity contribution in [3.05, 3.63) is 23.5 Å². The third-order valence-electron chi connectivity index (χ3n) is 3.33. The number of aryl methyl sites for hydroxylation is 1. The number of rotatable bonds is 4. The Morgan fingerprint density at radius 1 is 1.71 bits per heavy atom. The normalized spacial score (nSPS) is 21.4. The van der Waals surface area contributed by atoms with Crippen molar-refractivity contribution in [3.8, 4) is 6.07 Å². The van der Waals surface area contributed by atoms with E-state index in [2.05, 4.69) is 18.3 Å². The first-order valence-corrected chi connectivity index (χ1v) is 6.11. The van der Waals surface area contributed by atoms with Crippen molar-refractivity contribution in [2.75, 3.05) is 6.61 Å². The molecule has 0 aliphatic carbocycles. The maximum absolute atomic E-state index is 8.87. The Hall–Kier alpha value is -1.31. The van der Waals surface area contributed by atoms with E-state index in [1.165, 1.54) is 6.42 Å². The van der Waals surface area contributed by atoms with Gasteiger partial charge in [0.05, 0.1) is 6.10 Å². The fourth-order valence-corrected chi connectivity index (χ4v) is 2.25. The maximum atomic E-state index is 8.87. The van der Waals surface area contributed by atoms with Crippen molar-refractivity contribution in [1.29, 1.82) is 5.26 Å². The van der Waals surface area contributed by atoms with Crippen LogP contribution in [0.25, 0.3) is 0 Å². The molecule has 1 saturated heterocycles. The van der Waals surface area contributed by atoms with E-state index < -0.39 is 0 Å². The van der Waals surface area contributed by atoms with Crippen molar-refractivity contribution in [2.24, 2.45) is 7.05 Å². The lowest BCUT2D eigenvalue weighted by Gasteiger charge is -2.19. The third-order valence-corrected chi connectivity index (χ3v) is 3.33. The second-order valence-electron chi connectivity index (χ2n) is 4.68. The first-order chi connectivity index (χ1) is 8.20. The quantitative estimate of drug-likeness (QED) is 0.858. The summed E-state index contributed by atoms with van der Waals surface area (Å²) in [7, 11) is 1.89. The van der Waals surface area contributed by atoms with Crippen molar-refractivity contribution >= 4 is 0 Å². The maximum Gasteiger partial charge on any atom is 0.120 e. The summed E-state index contributed by atoms with van der Waals surface area (Å²) >= 11 is 0. The van der Waals surface area contributed by atoms with Crippen LogP contribution in [0.1, 0.15) is 31.0 Å². The first-order valence-electron chi connectivity index (χ1n) is 6.11. The van der Waals surface area contributed by atoms with Crippen LogP contribution in [0.4, 0.5) is 0 Å². The highest BCUT2D eigenvalue weighted by molar-refractivity contribution is 5.28. The molecule has 4 heteroatoms. The van der Waals surface area contributed by atoms with Crippen LogP contribution in [0, 0.1) is 11.3 Å². The molecule has 0 bridgehead atoms. The van der Waals surface area contributed by atoms with Crippen LogP contribution in [-0.4, -0.2) is 23.3 Å². The van der Waals surface area contributed by atoms with E-state index in [1.54, 1.807) is 0 Å². The van der Waals surface area contributed by atoms with Gasteiger partial charge >= 0.3 is 0 Å². The Balaban J connectivity index is 1.86. The highest BCUT2D eigenvalue weighted by Gasteiger charge is 2.21. The Labute approximate surface area is 102 Å². The minimum absolute atomic E-state index is 0.342. The molecule has 1 aliphatic heterocycles. The second-order valence-corrected chi connectivity index (χ2v) is 4.68. The van der Waals surface area contributed by atoms with Crippen LogP contribution in [0.2, 0.25) is 0 Å². The highest BCUT2D eigenvalue weighted by atomic mass is 16.5. The molecule has 2 atom stereocenters. The molecule has 0 spiro atoms. The topological polar surface area (TPSA) is 50.0 Å². The lowest BCUT2D eigenvalue weighted by atomic mass is 10.1. The predicted octanol–water partition coefficient (Wildman–Crippen LogP) is 1.55. The summed E-state index contributed by atoms with van der Waals surface area (Å²) in [4.78, 5) is 0. The summed E-state index contributed by atoms with van der Waals surface area (Å²) in [6.07, 6.45) is 4.65. The molecule has 92 valence electrons. The van der Waals surface area contributed by atoms with E-state index in [0.717, 1.165) is 25.1 Å². The molecule has 4 nitrogen and oxygen atoms in total. The molecule has 0 aromatic carbocycles. The smallest absolute Gasteiger partial charge is 0.120 e. The molecule has 0 saturated carbocycles. The van der Waals surface area contributed by atoms with Gasteiger partial charge in [-0.15, -0.1) is 0 Å². The van der Waals surface area contributed by atoms with Gasteiger partial charge in [-0.25, -0.2) is 0 Å². The number of hydrogen-bond acceptors (Lipinski definition) is 3. The Bertz CT molecular complexity index is 413. The van der Waals surface area contributed by atoms with Crippen LogP contribution < -0.4 is 5.32 Å². The van der Waals surface area contributed by atoms with E-state index in [0.29, 0.717) is 17.8 Å². The zero-order chi connectivity index (χ0) is 12.3. The Kier molecular flexibility index (Phi) is 3.82. The standard InChI is InChI=1S/C13H19N3O/c1-10(13-4-3-5-17-13)15-8-11-6-12(7-14)16(2)9-11/h6,9-10,13,15H,3-5,8H2,1-2H3. The number of ether oxygens (including phenoxy) is 1. The minimum Gasteiger partial charge on any atom is -0.377 e. The van der Waals surface area contributed by atoms with Gasteiger partial charge in [-0.1, -0.05) is 0 Å². The van der Waals surface area contributed by atoms with Crippen LogP contribution in [0.3, 0.4) is 0 Å². The molecule has 2 rings (SSSR count). The van der Waals surface area contributed by atoms with Gasteiger partial charge in [0.15, 0.2) is 0 Å². The molecule has 0 amide bonds. The van der Waals surface area contributed by atoms with Crippen LogP contribution in [-0.2, 0) is 18.3 Å². The molecule has 2 heterocycles. The van der Waals surface area contributed by atoms with E-state index >= 15 is 0 Å². The molecule has 17 heavy (non-hydrogen) atoms. The number of nitrogens with one attached hydrogen (secondary N) is 1. The fraction of sp³-hybridized carbons (Fsp3) is 0.615. The lowest BCUT2D eigenvalue weighted by molar-refractivity contribution is 0.0832. The van der Waals surface area contributed by atoms with Gasteiger partial charge in [-0.3, -0.25) is 0 Å². The minimum atomic E-state index is 0.342. The van der Waals surface area contributed by atoms with Gasteiger partial charge in [-0.2, -0.15) is 5.26 Å². The molecular formula is C13H19N3O. The van der Waals surface area contributed by atoms with E-state index in [9.17, 15) is 0 Å². The van der Waals surface area contributed by atoms with Gasteiger partial charge in [0.25, 0.3) is 0 Å². The zero-order valence-corrected chi connectivity index (χ0v) is 10.4. The lowest BCUT2D eigenvalue weighted by Crippen LogP contribution is -2.36. The van der Waals surface area contributed by atoms with E-state index in [-0.39, 0.29) is 0 Å². The van der Waals surface area contributed by atoms with Crippen LogP contribution in [0.15, 0.2) is 12.3 Å². The molecule has 1 N–H and O–H groups in total. The SMILES string of the molecule is CC(NCc1cc(C#N)n(C)c1)C1CCCO1. The van der Waals surface area contributed by atoms with Gasteiger partial charge in [0.2, 0.25) is 0 Å². The van der Waals surface area contributed by atoms with Gasteiger partial charge in [0.1, 0.15) is 11.8 Å². The monoisotopic (exact) mass is 233 g/mol. The summed E-state index contributed by atoms with van der Waals surface area (Å²) in [6.45, 7) is 3.83. The number of nitrogens with zero attached hydrogens (tertiary/aromatic N) is 2. The predicted molar refractivity (Wildman–Crippen MR) is 65.4 cm³/mol. The summed E-state index contributed by atoms with van der Waals surface area (Å²) in [5.74, 6) is 0. The highest BCUT2D eigenvalue weighted by Crippen LogP contribution is 2.16. The largest absolute Gasteiger partial charge is 0.377 e. The molecule has 0 radical (unpaired) electrons. The number of hydrogen-bond donors (Lipinski definition) is 1. The molecule has 1 aliphatic rings. The Morgan fingerprint density at radius 3 is 3.12 bits per heavy atom. The fourth-order valence-electron chi connectivity index (χ4n) is 2.25. The van der Waals surface area contributed by atoms with Crippen molar-refractivity contribution in [2.45, 2.75) is 38.5 Å². The number of aromatic nitrogens is 1. The zero-order valence-electron chi connectivity index (χ0n) is 10.4. The first kappa shape index (κ1) is 12.2. The van der Waals surface area contributed by atoms with Crippen molar-refractivity contribution in [3.63, 3.8) is 0 Å². The van der Waals surface area contributed by atoms with Gasteiger partial charge in [-0.05, 0) is 31.4 Å². The average molecular weight is 233 g/mol. The van der Waals surface area contributed by atoms with Crippen molar-refractivity contribution in [1.82, 2.24) is 9.88 Å². The molecule has 1 aromatic rings. The summed E-state index contributed by atoms with van der Waals surface area (Å²) in [5, 5.41) is 12.3. The molecule has 2 unspecified atom stereocenters. The number of nitriles is 1. The third kappa shape index (κ3) is 2.87. The molecule has 1 fully saturated rings. The summed E-state index contributed by atoms with van der Waals surface area (Å²) in [6, 6.07) is 4.46. The van der Waals surface area contributed by atoms with Crippen LogP contribution >= 0.6 is 0 Å². The Morgan fingerprint density at radius 2 is 2.53 bits per heavy atom. The van der Waals surface area contributed by atoms with Gasteiger partial charge in [0, 0.05) is 32.4 Å². The average Bonchev–Trinajstić information content (AvgIpc) is 2.95. The van der Waals surface area contributed by atoms with Crippen molar-refractivity contribution < 1.29 is 4.74 Å². The van der Waals surface area contributed by atoms with Gasteiger partial charge < -0.3 is 14.6 Å². The summed E-state index contributed by atoms with van der Waals surface area (Å²) < 4.78 is 7.49. The second kappa shape index (κ2) is 5.35. The van der Waals surface area contributed by atoms with Crippen LogP contribution in [0.5, 0.6) is 0 Å². The molecular weight excluding hydrogens is 214 g/mol. The molecule has 1 aromatic heterocycles. The van der Waals surface area contributed by atoms with E-state index in [4.69, 9.17) is 10.00 Å².